The van der Waals surface area contributed by atoms with Gasteiger partial charge in [0, 0.05) is 25.5 Å². The van der Waals surface area contributed by atoms with Crippen LogP contribution in [-0.4, -0.2) is 22.9 Å². The van der Waals surface area contributed by atoms with E-state index in [9.17, 15) is 18.0 Å². The van der Waals surface area contributed by atoms with E-state index in [1.54, 1.807) is 31.3 Å². The molecule has 0 bridgehead atoms. The summed E-state index contributed by atoms with van der Waals surface area (Å²) in [7, 11) is 1.74. The Morgan fingerprint density at radius 3 is 2.65 bits per heavy atom. The number of benzene rings is 2. The van der Waals surface area contributed by atoms with Gasteiger partial charge in [0.2, 0.25) is 11.9 Å². The minimum atomic E-state index is -4.62. The molecular formula is C21H19F3N6O. The molecule has 0 radical (unpaired) electrons. The van der Waals surface area contributed by atoms with Crippen molar-refractivity contribution in [2.45, 2.75) is 19.1 Å². The molecule has 1 aliphatic heterocycles. The van der Waals surface area contributed by atoms with E-state index in [4.69, 9.17) is 0 Å². The Morgan fingerprint density at radius 1 is 1.10 bits per heavy atom. The molecule has 7 nitrogen and oxygen atoms in total. The smallest absolute Gasteiger partial charge is 0.388 e. The van der Waals surface area contributed by atoms with Crippen LogP contribution in [-0.2, 0) is 23.9 Å². The van der Waals surface area contributed by atoms with Gasteiger partial charge in [0.1, 0.15) is 11.4 Å². The third kappa shape index (κ3) is 4.37. The van der Waals surface area contributed by atoms with E-state index < -0.39 is 11.7 Å². The molecule has 1 aliphatic rings. The molecule has 2 aromatic carbocycles. The molecule has 1 aromatic heterocycles. The van der Waals surface area contributed by atoms with E-state index in [1.165, 1.54) is 0 Å². The average molecular weight is 428 g/mol. The van der Waals surface area contributed by atoms with E-state index in [0.717, 1.165) is 23.0 Å². The van der Waals surface area contributed by atoms with E-state index >= 15 is 0 Å². The van der Waals surface area contributed by atoms with Crippen molar-refractivity contribution in [2.75, 3.05) is 28.3 Å². The van der Waals surface area contributed by atoms with Crippen molar-refractivity contribution in [2.24, 2.45) is 0 Å². The summed E-state index contributed by atoms with van der Waals surface area (Å²) in [5, 5.41) is 11.4. The summed E-state index contributed by atoms with van der Waals surface area (Å²) >= 11 is 0. The third-order valence-electron chi connectivity index (χ3n) is 4.84. The fourth-order valence-electron chi connectivity index (χ4n) is 3.36. The maximum absolute atomic E-state index is 13.5. The number of nitrogens with zero attached hydrogens (tertiary/aromatic N) is 2. The topological polar surface area (TPSA) is 91.0 Å². The average Bonchev–Trinajstić information content (AvgIpc) is 3.13. The van der Waals surface area contributed by atoms with Gasteiger partial charge in [-0.1, -0.05) is 30.3 Å². The van der Waals surface area contributed by atoms with Crippen LogP contribution < -0.4 is 21.3 Å². The van der Waals surface area contributed by atoms with Crippen molar-refractivity contribution >= 4 is 34.7 Å². The maximum atomic E-state index is 13.5. The predicted octanol–water partition coefficient (Wildman–Crippen LogP) is 4.39. The Labute approximate surface area is 176 Å². The molecule has 4 N–H and O–H groups in total. The molecule has 0 saturated carbocycles. The number of alkyl halides is 3. The summed E-state index contributed by atoms with van der Waals surface area (Å²) in [6.07, 6.45) is -3.63. The van der Waals surface area contributed by atoms with E-state index in [0.29, 0.717) is 11.4 Å². The second-order valence-corrected chi connectivity index (χ2v) is 6.90. The number of amides is 1. The van der Waals surface area contributed by atoms with Crippen LogP contribution in [0.25, 0.3) is 0 Å². The lowest BCUT2D eigenvalue weighted by Gasteiger charge is -2.16. The predicted molar refractivity (Wildman–Crippen MR) is 112 cm³/mol. The van der Waals surface area contributed by atoms with Gasteiger partial charge in [-0.3, -0.25) is 4.79 Å². The highest BCUT2D eigenvalue weighted by Crippen LogP contribution is 2.36. The molecule has 4 rings (SSSR count). The van der Waals surface area contributed by atoms with Gasteiger partial charge >= 0.3 is 6.18 Å². The molecule has 0 unspecified atom stereocenters. The highest BCUT2D eigenvalue weighted by molar-refractivity contribution is 6.03. The molecule has 0 saturated heterocycles. The summed E-state index contributed by atoms with van der Waals surface area (Å²) in [5.41, 5.74) is 2.50. The number of carbonyl (C=O) groups excluding carboxylic acids is 1. The fourth-order valence-corrected chi connectivity index (χ4v) is 3.36. The standard InChI is InChI=1S/C21H19F3N6O/c1-25-15-7-3-2-5-13(15)10-26-19-14(21(22,23)24)11-27-20(30-19)28-16-8-4-6-12-9-17(31)29-18(12)16/h2-8,11,25H,9-10H2,1H3,(H,29,31)(H2,26,27,28,30). The van der Waals surface area contributed by atoms with Gasteiger partial charge in [-0.25, -0.2) is 4.98 Å². The van der Waals surface area contributed by atoms with E-state index in [2.05, 4.69) is 31.2 Å². The molecule has 0 aliphatic carbocycles. The first-order chi connectivity index (χ1) is 14.8. The third-order valence-corrected chi connectivity index (χ3v) is 4.84. The van der Waals surface area contributed by atoms with Crippen molar-refractivity contribution in [1.82, 2.24) is 9.97 Å². The van der Waals surface area contributed by atoms with Gasteiger partial charge in [0.15, 0.2) is 0 Å². The van der Waals surface area contributed by atoms with Crippen LogP contribution in [0.4, 0.5) is 42.0 Å². The normalized spacial score (nSPS) is 12.8. The first-order valence-corrected chi connectivity index (χ1v) is 9.47. The van der Waals surface area contributed by atoms with Gasteiger partial charge in [0.05, 0.1) is 17.8 Å². The number of fused-ring (bicyclic) bond motifs is 1. The Balaban J connectivity index is 1.63. The molecule has 31 heavy (non-hydrogen) atoms. The molecule has 2 heterocycles. The Bertz CT molecular complexity index is 1130. The Kier molecular flexibility index (Phi) is 5.37. The summed E-state index contributed by atoms with van der Waals surface area (Å²) < 4.78 is 40.5. The number of hydrogen-bond acceptors (Lipinski definition) is 6. The second kappa shape index (κ2) is 8.13. The zero-order chi connectivity index (χ0) is 22.0. The molecule has 10 heteroatoms. The fraction of sp³-hybridized carbons (Fsp3) is 0.190. The number of halogens is 3. The van der Waals surface area contributed by atoms with E-state index in [-0.39, 0.29) is 30.6 Å². The van der Waals surface area contributed by atoms with Crippen LogP contribution >= 0.6 is 0 Å². The number of anilines is 5. The zero-order valence-corrected chi connectivity index (χ0v) is 16.5. The molecule has 3 aromatic rings. The number of para-hydroxylation sites is 2. The van der Waals surface area contributed by atoms with Crippen LogP contribution in [0, 0.1) is 0 Å². The SMILES string of the molecule is CNc1ccccc1CNc1nc(Nc2cccc3c2NC(=O)C3)ncc1C(F)(F)F. The maximum Gasteiger partial charge on any atom is 0.421 e. The lowest BCUT2D eigenvalue weighted by Crippen LogP contribution is -2.15. The molecule has 0 atom stereocenters. The number of nitrogens with one attached hydrogen (secondary N) is 4. The Hall–Kier alpha value is -3.82. The van der Waals surface area contributed by atoms with Crippen molar-refractivity contribution < 1.29 is 18.0 Å². The lowest BCUT2D eigenvalue weighted by atomic mass is 10.1. The number of carbonyl (C=O) groups is 1. The van der Waals surface area contributed by atoms with Gasteiger partial charge < -0.3 is 21.3 Å². The van der Waals surface area contributed by atoms with Crippen molar-refractivity contribution in [3.63, 3.8) is 0 Å². The molecule has 0 fully saturated rings. The van der Waals surface area contributed by atoms with Crippen LogP contribution in [0.5, 0.6) is 0 Å². The second-order valence-electron chi connectivity index (χ2n) is 6.90. The number of hydrogen-bond donors (Lipinski definition) is 4. The monoisotopic (exact) mass is 428 g/mol. The Morgan fingerprint density at radius 2 is 1.87 bits per heavy atom. The molecular weight excluding hydrogens is 409 g/mol. The van der Waals surface area contributed by atoms with Crippen LogP contribution in [0.3, 0.4) is 0 Å². The first-order valence-electron chi connectivity index (χ1n) is 9.47. The van der Waals surface area contributed by atoms with Crippen LogP contribution in [0.1, 0.15) is 16.7 Å². The molecule has 0 spiro atoms. The van der Waals surface area contributed by atoms with Gasteiger partial charge in [-0.05, 0) is 23.3 Å². The summed E-state index contributed by atoms with van der Waals surface area (Å²) in [4.78, 5) is 19.6. The lowest BCUT2D eigenvalue weighted by molar-refractivity contribution is -0.137. The largest absolute Gasteiger partial charge is 0.421 e. The van der Waals surface area contributed by atoms with Crippen molar-refractivity contribution in [3.05, 3.63) is 65.4 Å². The van der Waals surface area contributed by atoms with Gasteiger partial charge in [-0.2, -0.15) is 18.2 Å². The zero-order valence-electron chi connectivity index (χ0n) is 16.5. The molecule has 160 valence electrons. The number of rotatable bonds is 6. The molecule has 1 amide bonds. The van der Waals surface area contributed by atoms with Crippen LogP contribution in [0.2, 0.25) is 0 Å². The first kappa shape index (κ1) is 20.5. The van der Waals surface area contributed by atoms with Crippen molar-refractivity contribution in [1.29, 1.82) is 0 Å². The number of aromatic nitrogens is 2. The van der Waals surface area contributed by atoms with E-state index in [1.807, 2.05) is 18.2 Å². The quantitative estimate of drug-likeness (QED) is 0.466. The summed E-state index contributed by atoms with van der Waals surface area (Å²) in [5.74, 6) is -0.511. The highest BCUT2D eigenvalue weighted by Gasteiger charge is 2.35. The highest BCUT2D eigenvalue weighted by atomic mass is 19.4. The van der Waals surface area contributed by atoms with Crippen LogP contribution in [0.15, 0.2) is 48.7 Å². The minimum Gasteiger partial charge on any atom is -0.388 e. The van der Waals surface area contributed by atoms with Crippen molar-refractivity contribution in [3.8, 4) is 0 Å². The summed E-state index contributed by atoms with van der Waals surface area (Å²) in [6.45, 7) is 0.132. The van der Waals surface area contributed by atoms with Gasteiger partial charge in [-0.15, -0.1) is 0 Å². The summed E-state index contributed by atoms with van der Waals surface area (Å²) in [6, 6.07) is 12.5. The van der Waals surface area contributed by atoms with Gasteiger partial charge in [0.25, 0.3) is 0 Å². The minimum absolute atomic E-state index is 0.0213.